The van der Waals surface area contributed by atoms with E-state index in [2.05, 4.69) is 9.46 Å². The van der Waals surface area contributed by atoms with E-state index in [1.807, 2.05) is 6.07 Å². The second kappa shape index (κ2) is 7.95. The molecule has 2 aromatic rings. The zero-order valence-electron chi connectivity index (χ0n) is 14.7. The average Bonchev–Trinajstić information content (AvgIpc) is 3.25. The van der Waals surface area contributed by atoms with Crippen molar-refractivity contribution < 1.29 is 27.5 Å². The van der Waals surface area contributed by atoms with Gasteiger partial charge >= 0.3 is 11.9 Å². The van der Waals surface area contributed by atoms with Gasteiger partial charge in [0.25, 0.3) is 10.0 Å². The van der Waals surface area contributed by atoms with Crippen LogP contribution in [0.3, 0.4) is 0 Å². The van der Waals surface area contributed by atoms with Gasteiger partial charge in [0, 0.05) is 14.1 Å². The molecule has 9 nitrogen and oxygen atoms in total. The Morgan fingerprint density at radius 3 is 2.30 bits per heavy atom. The molecule has 0 fully saturated rings. The van der Waals surface area contributed by atoms with Crippen molar-refractivity contribution in [3.8, 4) is 6.07 Å². The summed E-state index contributed by atoms with van der Waals surface area (Å²) in [5, 5.41) is 11.3. The third-order valence-corrected chi connectivity index (χ3v) is 7.06. The van der Waals surface area contributed by atoms with Crippen LogP contribution in [0.1, 0.15) is 24.9 Å². The Balaban J connectivity index is 2.63. The van der Waals surface area contributed by atoms with Crippen molar-refractivity contribution in [2.45, 2.75) is 4.90 Å². The summed E-state index contributed by atoms with van der Waals surface area (Å²) in [5.74, 6) is -1.60. The maximum Gasteiger partial charge on any atom is 0.350 e. The van der Waals surface area contributed by atoms with Crippen LogP contribution >= 0.6 is 22.7 Å². The molecular weight excluding hydrogens is 414 g/mol. The first-order valence-electron chi connectivity index (χ1n) is 7.19. The van der Waals surface area contributed by atoms with Crippen LogP contribution in [0.15, 0.2) is 16.3 Å². The van der Waals surface area contributed by atoms with Crippen molar-refractivity contribution >= 4 is 55.3 Å². The van der Waals surface area contributed by atoms with Crippen LogP contribution < -0.4 is 9.62 Å². The van der Waals surface area contributed by atoms with Crippen LogP contribution in [0, 0.1) is 11.3 Å². The van der Waals surface area contributed by atoms with E-state index in [1.165, 1.54) is 11.4 Å². The second-order valence-corrected chi connectivity index (χ2v) is 8.76. The van der Waals surface area contributed by atoms with Gasteiger partial charge in [-0.2, -0.15) is 5.26 Å². The number of anilines is 2. The fraction of sp³-hybridized carbons (Fsp3) is 0.267. The van der Waals surface area contributed by atoms with Gasteiger partial charge in [0.1, 0.15) is 31.3 Å². The number of rotatable bonds is 6. The number of sulfonamides is 1. The van der Waals surface area contributed by atoms with Crippen molar-refractivity contribution in [2.75, 3.05) is 37.9 Å². The number of nitrogens with one attached hydrogen (secondary N) is 1. The number of ether oxygens (including phenoxy) is 2. The first kappa shape index (κ1) is 20.7. The maximum atomic E-state index is 12.8. The minimum Gasteiger partial charge on any atom is -0.465 e. The number of nitriles is 1. The van der Waals surface area contributed by atoms with Crippen LogP contribution in [-0.4, -0.2) is 48.7 Å². The smallest absolute Gasteiger partial charge is 0.350 e. The lowest BCUT2D eigenvalue weighted by Crippen LogP contribution is -2.18. The summed E-state index contributed by atoms with van der Waals surface area (Å²) >= 11 is 1.82. The van der Waals surface area contributed by atoms with Crippen LogP contribution in [0.5, 0.6) is 0 Å². The summed E-state index contributed by atoms with van der Waals surface area (Å²) in [4.78, 5) is 25.0. The quantitative estimate of drug-likeness (QED) is 0.692. The molecule has 0 amide bonds. The zero-order chi connectivity index (χ0) is 20.4. The summed E-state index contributed by atoms with van der Waals surface area (Å²) in [5.41, 5.74) is -0.219. The molecule has 0 saturated carbocycles. The molecule has 27 heavy (non-hydrogen) atoms. The number of hydrogen-bond acceptors (Lipinski definition) is 10. The molecule has 0 unspecified atom stereocenters. The van der Waals surface area contributed by atoms with Crippen molar-refractivity contribution in [1.82, 2.24) is 0 Å². The predicted molar refractivity (Wildman–Crippen MR) is 101 cm³/mol. The molecule has 0 aromatic carbocycles. The normalized spacial score (nSPS) is 10.8. The fourth-order valence-electron chi connectivity index (χ4n) is 2.11. The maximum absolute atomic E-state index is 12.8. The first-order chi connectivity index (χ1) is 12.7. The molecule has 0 atom stereocenters. The van der Waals surface area contributed by atoms with Crippen molar-refractivity contribution in [2.24, 2.45) is 0 Å². The van der Waals surface area contributed by atoms with Gasteiger partial charge in [-0.05, 0) is 11.4 Å². The molecule has 0 aliphatic rings. The van der Waals surface area contributed by atoms with E-state index >= 15 is 0 Å². The number of methoxy groups -OCH3 is 2. The lowest BCUT2D eigenvalue weighted by molar-refractivity contribution is 0.0595. The van der Waals surface area contributed by atoms with Crippen molar-refractivity contribution in [3.63, 3.8) is 0 Å². The van der Waals surface area contributed by atoms with Gasteiger partial charge in [0.15, 0.2) is 0 Å². The highest BCUT2D eigenvalue weighted by atomic mass is 32.2. The molecule has 0 spiro atoms. The van der Waals surface area contributed by atoms with E-state index in [-0.39, 0.29) is 25.9 Å². The van der Waals surface area contributed by atoms with Gasteiger partial charge in [-0.3, -0.25) is 4.72 Å². The topological polar surface area (TPSA) is 126 Å². The van der Waals surface area contributed by atoms with Gasteiger partial charge in [0.2, 0.25) is 0 Å². The Hall–Kier alpha value is -2.62. The Kier molecular flexibility index (Phi) is 6.09. The lowest BCUT2D eigenvalue weighted by Gasteiger charge is -2.11. The Morgan fingerprint density at radius 1 is 1.19 bits per heavy atom. The standard InChI is InChI=1S/C15H15N3O6S3/c1-18(2)13-8(7-16)10(12(26-13)15(20)24-4)17-27(21,22)9-5-6-25-11(9)14(19)23-3/h5-6,17H,1-4H3. The van der Waals surface area contributed by atoms with Gasteiger partial charge in [0.05, 0.1) is 19.9 Å². The average molecular weight is 430 g/mol. The second-order valence-electron chi connectivity index (χ2n) is 5.20. The minimum atomic E-state index is -4.28. The number of thiophene rings is 2. The Labute approximate surface area is 163 Å². The SMILES string of the molecule is COC(=O)c1sccc1S(=O)(=O)Nc1c(C(=O)OC)sc(N(C)C)c1C#N. The third-order valence-electron chi connectivity index (χ3n) is 3.30. The van der Waals surface area contributed by atoms with E-state index in [0.717, 1.165) is 36.9 Å². The molecule has 0 bridgehead atoms. The molecular formula is C15H15N3O6S3. The van der Waals surface area contributed by atoms with E-state index < -0.39 is 22.0 Å². The minimum absolute atomic E-state index is 0.0242. The van der Waals surface area contributed by atoms with Crippen molar-refractivity contribution in [3.05, 3.63) is 26.8 Å². The van der Waals surface area contributed by atoms with Gasteiger partial charge in [-0.1, -0.05) is 0 Å². The van der Waals surface area contributed by atoms with E-state index in [1.54, 1.807) is 19.0 Å². The molecule has 2 aromatic heterocycles. The molecule has 2 rings (SSSR count). The molecule has 0 radical (unpaired) electrons. The van der Waals surface area contributed by atoms with E-state index in [9.17, 15) is 23.3 Å². The molecule has 0 aliphatic heterocycles. The third kappa shape index (κ3) is 3.90. The number of carbonyl (C=O) groups excluding carboxylic acids is 2. The Bertz CT molecular complexity index is 1030. The van der Waals surface area contributed by atoms with Crippen molar-refractivity contribution in [1.29, 1.82) is 5.26 Å². The number of esters is 2. The summed E-state index contributed by atoms with van der Waals surface area (Å²) in [6.07, 6.45) is 0. The van der Waals surface area contributed by atoms with E-state index in [4.69, 9.17) is 4.74 Å². The number of hydrogen-bond donors (Lipinski definition) is 1. The molecule has 0 aliphatic carbocycles. The molecule has 1 N–H and O–H groups in total. The van der Waals surface area contributed by atoms with Gasteiger partial charge < -0.3 is 14.4 Å². The monoisotopic (exact) mass is 429 g/mol. The predicted octanol–water partition coefficient (Wildman–Crippen LogP) is 2.12. The summed E-state index contributed by atoms with van der Waals surface area (Å²) in [6.45, 7) is 0. The highest BCUT2D eigenvalue weighted by Crippen LogP contribution is 2.40. The van der Waals surface area contributed by atoms with E-state index in [0.29, 0.717) is 5.00 Å². The highest BCUT2D eigenvalue weighted by Gasteiger charge is 2.31. The van der Waals surface area contributed by atoms with Crippen LogP contribution in [0.25, 0.3) is 0 Å². The number of carbonyl (C=O) groups is 2. The number of nitrogens with zero attached hydrogens (tertiary/aromatic N) is 2. The molecule has 144 valence electrons. The Morgan fingerprint density at radius 2 is 1.78 bits per heavy atom. The molecule has 0 saturated heterocycles. The summed E-state index contributed by atoms with van der Waals surface area (Å²) in [6, 6.07) is 3.14. The molecule has 2 heterocycles. The highest BCUT2D eigenvalue weighted by molar-refractivity contribution is 7.93. The fourth-order valence-corrected chi connectivity index (χ4v) is 5.64. The van der Waals surface area contributed by atoms with Gasteiger partial charge in [-0.15, -0.1) is 22.7 Å². The largest absolute Gasteiger partial charge is 0.465 e. The van der Waals surface area contributed by atoms with Crippen LogP contribution in [0.4, 0.5) is 10.7 Å². The molecule has 12 heteroatoms. The van der Waals surface area contributed by atoms with Crippen LogP contribution in [-0.2, 0) is 19.5 Å². The van der Waals surface area contributed by atoms with Crippen LogP contribution in [0.2, 0.25) is 0 Å². The van der Waals surface area contributed by atoms with Gasteiger partial charge in [-0.25, -0.2) is 18.0 Å². The zero-order valence-corrected chi connectivity index (χ0v) is 17.2. The lowest BCUT2D eigenvalue weighted by atomic mass is 10.2. The first-order valence-corrected chi connectivity index (χ1v) is 10.4. The summed E-state index contributed by atoms with van der Waals surface area (Å²) < 4.78 is 37.2. The summed E-state index contributed by atoms with van der Waals surface area (Å²) in [7, 11) is 1.31.